The monoisotopic (exact) mass is 296 g/mol. The second kappa shape index (κ2) is 6.60. The van der Waals surface area contributed by atoms with Crippen molar-refractivity contribution in [3.8, 4) is 5.75 Å². The van der Waals surface area contributed by atoms with Gasteiger partial charge >= 0.3 is 0 Å². The Morgan fingerprint density at radius 3 is 2.68 bits per heavy atom. The van der Waals surface area contributed by atoms with Gasteiger partial charge < -0.3 is 9.64 Å². The molecule has 0 aliphatic heterocycles. The lowest BCUT2D eigenvalue weighted by Gasteiger charge is -2.22. The molecule has 1 fully saturated rings. The highest BCUT2D eigenvalue weighted by atomic mass is 16.5. The van der Waals surface area contributed by atoms with Crippen molar-refractivity contribution in [1.29, 1.82) is 0 Å². The molecule has 0 N–H and O–H groups in total. The van der Waals surface area contributed by atoms with Gasteiger partial charge in [-0.05, 0) is 48.2 Å². The maximum atomic E-state index is 12.7. The SMILES string of the molecule is COc1cccc(CC(=O)N(Cc2ccncc2)C2CC2)c1. The van der Waals surface area contributed by atoms with Crippen LogP contribution >= 0.6 is 0 Å². The lowest BCUT2D eigenvalue weighted by Crippen LogP contribution is -2.33. The minimum absolute atomic E-state index is 0.174. The van der Waals surface area contributed by atoms with E-state index in [1.165, 1.54) is 0 Å². The number of hydrogen-bond acceptors (Lipinski definition) is 3. The molecular weight excluding hydrogens is 276 g/mol. The summed E-state index contributed by atoms with van der Waals surface area (Å²) in [6.07, 6.45) is 6.17. The number of pyridine rings is 1. The van der Waals surface area contributed by atoms with E-state index in [1.54, 1.807) is 19.5 Å². The molecular formula is C18H20N2O2. The van der Waals surface area contributed by atoms with Crippen LogP contribution in [0.25, 0.3) is 0 Å². The number of carbonyl (C=O) groups excluding carboxylic acids is 1. The maximum absolute atomic E-state index is 12.7. The van der Waals surface area contributed by atoms with Gasteiger partial charge in [-0.2, -0.15) is 0 Å². The summed E-state index contributed by atoms with van der Waals surface area (Å²) in [6, 6.07) is 12.0. The van der Waals surface area contributed by atoms with Crippen LogP contribution in [0.1, 0.15) is 24.0 Å². The first-order valence-corrected chi connectivity index (χ1v) is 7.57. The number of methoxy groups -OCH3 is 1. The number of hydrogen-bond donors (Lipinski definition) is 0. The first-order chi connectivity index (χ1) is 10.8. The standard InChI is InChI=1S/C18H20N2O2/c1-22-17-4-2-3-15(11-17)12-18(21)20(16-5-6-16)13-14-7-9-19-10-8-14/h2-4,7-11,16H,5-6,12-13H2,1H3. The highest BCUT2D eigenvalue weighted by molar-refractivity contribution is 5.79. The van der Waals surface area contributed by atoms with Crippen molar-refractivity contribution >= 4 is 5.91 Å². The van der Waals surface area contributed by atoms with Gasteiger partial charge in [0.1, 0.15) is 5.75 Å². The molecule has 2 aromatic rings. The van der Waals surface area contributed by atoms with E-state index in [-0.39, 0.29) is 5.91 Å². The van der Waals surface area contributed by atoms with E-state index in [0.717, 1.165) is 29.7 Å². The molecule has 0 radical (unpaired) electrons. The fourth-order valence-electron chi connectivity index (χ4n) is 2.55. The number of nitrogens with zero attached hydrogens (tertiary/aromatic N) is 2. The van der Waals surface area contributed by atoms with Gasteiger partial charge in [-0.3, -0.25) is 9.78 Å². The lowest BCUT2D eigenvalue weighted by molar-refractivity contribution is -0.131. The van der Waals surface area contributed by atoms with Crippen LogP contribution in [-0.2, 0) is 17.8 Å². The second-order valence-corrected chi connectivity index (χ2v) is 5.64. The average Bonchev–Trinajstić information content (AvgIpc) is 3.38. The maximum Gasteiger partial charge on any atom is 0.227 e. The molecule has 22 heavy (non-hydrogen) atoms. The molecule has 0 unspecified atom stereocenters. The molecule has 1 aromatic carbocycles. The number of carbonyl (C=O) groups is 1. The number of ether oxygens (including phenoxy) is 1. The summed E-state index contributed by atoms with van der Waals surface area (Å²) in [5, 5.41) is 0. The zero-order chi connectivity index (χ0) is 15.4. The number of rotatable bonds is 6. The lowest BCUT2D eigenvalue weighted by atomic mass is 10.1. The van der Waals surface area contributed by atoms with Gasteiger partial charge in [-0.25, -0.2) is 0 Å². The molecule has 1 aliphatic carbocycles. The van der Waals surface area contributed by atoms with Crippen LogP contribution < -0.4 is 4.74 Å². The molecule has 114 valence electrons. The summed E-state index contributed by atoms with van der Waals surface area (Å²) in [5.74, 6) is 0.963. The molecule has 0 saturated heterocycles. The van der Waals surface area contributed by atoms with Gasteiger partial charge in [0.05, 0.1) is 13.5 Å². The van der Waals surface area contributed by atoms with Crippen LogP contribution in [0.5, 0.6) is 5.75 Å². The van der Waals surface area contributed by atoms with Crippen LogP contribution in [0.15, 0.2) is 48.8 Å². The first kappa shape index (κ1) is 14.6. The first-order valence-electron chi connectivity index (χ1n) is 7.57. The molecule has 1 saturated carbocycles. The van der Waals surface area contributed by atoms with E-state index in [2.05, 4.69) is 4.98 Å². The largest absolute Gasteiger partial charge is 0.497 e. The van der Waals surface area contributed by atoms with Crippen molar-refractivity contribution in [2.45, 2.75) is 31.8 Å². The Morgan fingerprint density at radius 1 is 1.23 bits per heavy atom. The molecule has 0 bridgehead atoms. The average molecular weight is 296 g/mol. The van der Waals surface area contributed by atoms with Crippen molar-refractivity contribution in [2.75, 3.05) is 7.11 Å². The predicted octanol–water partition coefficient (Wildman–Crippen LogP) is 2.82. The summed E-state index contributed by atoms with van der Waals surface area (Å²) in [7, 11) is 1.64. The van der Waals surface area contributed by atoms with E-state index in [9.17, 15) is 4.79 Å². The third-order valence-corrected chi connectivity index (χ3v) is 3.90. The molecule has 1 heterocycles. The second-order valence-electron chi connectivity index (χ2n) is 5.64. The zero-order valence-corrected chi connectivity index (χ0v) is 12.7. The van der Waals surface area contributed by atoms with E-state index in [0.29, 0.717) is 19.0 Å². The normalized spacial score (nSPS) is 13.7. The van der Waals surface area contributed by atoms with Crippen molar-refractivity contribution in [1.82, 2.24) is 9.88 Å². The number of aromatic nitrogens is 1. The minimum Gasteiger partial charge on any atom is -0.497 e. The molecule has 4 heteroatoms. The predicted molar refractivity (Wildman–Crippen MR) is 84.5 cm³/mol. The third-order valence-electron chi connectivity index (χ3n) is 3.90. The van der Waals surface area contributed by atoms with Crippen LogP contribution in [0.2, 0.25) is 0 Å². The molecule has 4 nitrogen and oxygen atoms in total. The van der Waals surface area contributed by atoms with E-state index >= 15 is 0 Å². The smallest absolute Gasteiger partial charge is 0.227 e. The Kier molecular flexibility index (Phi) is 4.37. The van der Waals surface area contributed by atoms with Crippen molar-refractivity contribution in [3.05, 3.63) is 59.9 Å². The van der Waals surface area contributed by atoms with Crippen molar-refractivity contribution in [2.24, 2.45) is 0 Å². The fraction of sp³-hybridized carbons (Fsp3) is 0.333. The Bertz CT molecular complexity index is 639. The van der Waals surface area contributed by atoms with E-state index < -0.39 is 0 Å². The number of amides is 1. The quantitative estimate of drug-likeness (QED) is 0.823. The molecule has 0 spiro atoms. The Morgan fingerprint density at radius 2 is 2.00 bits per heavy atom. The fourth-order valence-corrected chi connectivity index (χ4v) is 2.55. The Labute approximate surface area is 130 Å². The zero-order valence-electron chi connectivity index (χ0n) is 12.7. The summed E-state index contributed by atoms with van der Waals surface area (Å²) in [4.78, 5) is 18.7. The molecule has 3 rings (SSSR count). The Balaban J connectivity index is 1.70. The highest BCUT2D eigenvalue weighted by Crippen LogP contribution is 2.29. The molecule has 1 aliphatic rings. The minimum atomic E-state index is 0.174. The van der Waals surface area contributed by atoms with E-state index in [4.69, 9.17) is 4.74 Å². The Hall–Kier alpha value is -2.36. The molecule has 1 amide bonds. The van der Waals surface area contributed by atoms with Gasteiger partial charge in [0.15, 0.2) is 0 Å². The van der Waals surface area contributed by atoms with Gasteiger partial charge in [0.25, 0.3) is 0 Å². The van der Waals surface area contributed by atoms with Gasteiger partial charge in [0.2, 0.25) is 5.91 Å². The van der Waals surface area contributed by atoms with Crippen LogP contribution in [-0.4, -0.2) is 28.9 Å². The van der Waals surface area contributed by atoms with Crippen molar-refractivity contribution in [3.63, 3.8) is 0 Å². The molecule has 0 atom stereocenters. The molecule has 1 aromatic heterocycles. The topological polar surface area (TPSA) is 42.4 Å². The van der Waals surface area contributed by atoms with Gasteiger partial charge in [-0.15, -0.1) is 0 Å². The van der Waals surface area contributed by atoms with Crippen LogP contribution in [0.4, 0.5) is 0 Å². The van der Waals surface area contributed by atoms with Gasteiger partial charge in [0, 0.05) is 25.0 Å². The summed E-state index contributed by atoms with van der Waals surface area (Å²) in [6.45, 7) is 0.663. The summed E-state index contributed by atoms with van der Waals surface area (Å²) in [5.41, 5.74) is 2.12. The highest BCUT2D eigenvalue weighted by Gasteiger charge is 2.32. The van der Waals surface area contributed by atoms with Gasteiger partial charge in [-0.1, -0.05) is 12.1 Å². The van der Waals surface area contributed by atoms with Crippen LogP contribution in [0.3, 0.4) is 0 Å². The summed E-state index contributed by atoms with van der Waals surface area (Å²) >= 11 is 0. The third kappa shape index (κ3) is 3.64. The van der Waals surface area contributed by atoms with E-state index in [1.807, 2.05) is 41.3 Å². The number of benzene rings is 1. The summed E-state index contributed by atoms with van der Waals surface area (Å²) < 4.78 is 5.22. The van der Waals surface area contributed by atoms with Crippen molar-refractivity contribution < 1.29 is 9.53 Å². The van der Waals surface area contributed by atoms with Crippen LogP contribution in [0, 0.1) is 0 Å².